The Kier molecular flexibility index (Phi) is 8.18. The quantitative estimate of drug-likeness (QED) is 0.330. The molecular formula is C23H26N4O6S2. The number of hydrogen-bond acceptors (Lipinski definition) is 8. The van der Waals surface area contributed by atoms with E-state index in [1.54, 1.807) is 0 Å². The fourth-order valence-electron chi connectivity index (χ4n) is 3.50. The average molecular weight is 519 g/mol. The van der Waals surface area contributed by atoms with E-state index in [-0.39, 0.29) is 19.9 Å². The van der Waals surface area contributed by atoms with Gasteiger partial charge in [0.2, 0.25) is 6.79 Å². The lowest BCUT2D eigenvalue weighted by molar-refractivity contribution is 0.134. The van der Waals surface area contributed by atoms with Crippen LogP contribution in [-0.2, 0) is 21.6 Å². The summed E-state index contributed by atoms with van der Waals surface area (Å²) in [6.45, 7) is 0.556. The Morgan fingerprint density at radius 3 is 2.74 bits per heavy atom. The van der Waals surface area contributed by atoms with E-state index in [0.717, 1.165) is 16.1 Å². The highest BCUT2D eigenvalue weighted by atomic mass is 32.2. The van der Waals surface area contributed by atoms with Gasteiger partial charge in [-0.2, -0.15) is 8.42 Å². The molecule has 1 aromatic heterocycles. The Hall–Kier alpha value is -3.19. The van der Waals surface area contributed by atoms with Crippen molar-refractivity contribution in [2.75, 3.05) is 13.3 Å². The lowest BCUT2D eigenvalue weighted by atomic mass is 10.1. The molecule has 4 N–H and O–H groups in total. The summed E-state index contributed by atoms with van der Waals surface area (Å²) >= 11 is 1.45. The van der Waals surface area contributed by atoms with Crippen LogP contribution in [0, 0.1) is 0 Å². The lowest BCUT2D eigenvalue weighted by Gasteiger charge is -2.17. The summed E-state index contributed by atoms with van der Waals surface area (Å²) in [5.41, 5.74) is 2.46. The first-order valence-electron chi connectivity index (χ1n) is 11.0. The predicted molar refractivity (Wildman–Crippen MR) is 131 cm³/mol. The van der Waals surface area contributed by atoms with Crippen LogP contribution in [0.15, 0.2) is 53.9 Å². The zero-order chi connectivity index (χ0) is 24.7. The Balaban J connectivity index is 1.41. The van der Waals surface area contributed by atoms with Crippen molar-refractivity contribution in [3.8, 4) is 22.1 Å². The maximum Gasteiger partial charge on any atom is 0.408 e. The molecule has 186 valence electrons. The van der Waals surface area contributed by atoms with E-state index in [9.17, 15) is 13.2 Å². The second-order valence-electron chi connectivity index (χ2n) is 7.84. The number of amides is 1. The number of hydrogen-bond donors (Lipinski definition) is 3. The summed E-state index contributed by atoms with van der Waals surface area (Å²) in [5.74, 6) is 1.36. The highest BCUT2D eigenvalue weighted by Crippen LogP contribution is 2.37. The van der Waals surface area contributed by atoms with Crippen molar-refractivity contribution >= 4 is 27.6 Å². The van der Waals surface area contributed by atoms with Crippen molar-refractivity contribution in [1.29, 1.82) is 0 Å². The molecule has 3 aromatic rings. The minimum absolute atomic E-state index is 0.150. The molecule has 0 fully saturated rings. The molecule has 0 saturated heterocycles. The van der Waals surface area contributed by atoms with Crippen LogP contribution >= 0.6 is 11.3 Å². The van der Waals surface area contributed by atoms with Crippen LogP contribution in [0.1, 0.15) is 36.6 Å². The molecule has 2 heterocycles. The molecule has 1 atom stereocenters. The summed E-state index contributed by atoms with van der Waals surface area (Å²) in [6.07, 6.45) is 1.16. The number of alkyl carbamates (subject to hydrolysis) is 1. The Bertz CT molecular complexity index is 1250. The Morgan fingerprint density at radius 2 is 1.94 bits per heavy atom. The molecule has 0 saturated carbocycles. The molecule has 1 unspecified atom stereocenters. The standard InChI is InChI=1S/C23H26N4O6S2/c24-35(29,30)25-11-5-4-8-18(27-23(28)31-13-16-6-2-1-3-7-16)19-14-34-22(26-19)17-9-10-20-21(12-17)33-15-32-20/h1-3,6-7,9-10,12,14,18,25H,4-5,8,11,13,15H2,(H,27,28)(H2,24,29,30). The topological polar surface area (TPSA) is 142 Å². The van der Waals surface area contributed by atoms with Gasteiger partial charge in [0.05, 0.1) is 11.7 Å². The largest absolute Gasteiger partial charge is 0.454 e. The van der Waals surface area contributed by atoms with Crippen LogP contribution < -0.4 is 24.7 Å². The summed E-state index contributed by atoms with van der Waals surface area (Å²) in [4.78, 5) is 17.3. The smallest absolute Gasteiger partial charge is 0.408 e. The highest BCUT2D eigenvalue weighted by molar-refractivity contribution is 7.87. The maximum absolute atomic E-state index is 12.5. The summed E-state index contributed by atoms with van der Waals surface area (Å²) in [6, 6.07) is 14.6. The van der Waals surface area contributed by atoms with Gasteiger partial charge in [0.25, 0.3) is 10.2 Å². The number of ether oxygens (including phenoxy) is 3. The molecule has 2 aromatic carbocycles. The third-order valence-corrected chi connectivity index (χ3v) is 6.74. The molecule has 0 bridgehead atoms. The molecule has 10 nitrogen and oxygen atoms in total. The van der Waals surface area contributed by atoms with Gasteiger partial charge < -0.3 is 19.5 Å². The zero-order valence-corrected chi connectivity index (χ0v) is 20.4. The number of unbranched alkanes of at least 4 members (excludes halogenated alkanes) is 1. The van der Waals surface area contributed by atoms with E-state index in [0.29, 0.717) is 36.5 Å². The van der Waals surface area contributed by atoms with Gasteiger partial charge in [-0.05, 0) is 43.0 Å². The van der Waals surface area contributed by atoms with Crippen molar-refractivity contribution < 1.29 is 27.4 Å². The zero-order valence-electron chi connectivity index (χ0n) is 18.8. The van der Waals surface area contributed by atoms with Gasteiger partial charge >= 0.3 is 6.09 Å². The molecule has 35 heavy (non-hydrogen) atoms. The SMILES string of the molecule is NS(=O)(=O)NCCCCC(NC(=O)OCc1ccccc1)c1csc(-c2ccc3c(c2)OCO3)n1. The second-order valence-corrected chi connectivity index (χ2v) is 10.1. The monoisotopic (exact) mass is 518 g/mol. The van der Waals surface area contributed by atoms with Gasteiger partial charge in [0.1, 0.15) is 11.6 Å². The number of nitrogens with zero attached hydrogens (tertiary/aromatic N) is 1. The van der Waals surface area contributed by atoms with Gasteiger partial charge in [-0.1, -0.05) is 30.3 Å². The minimum Gasteiger partial charge on any atom is -0.454 e. The molecular weight excluding hydrogens is 492 g/mol. The average Bonchev–Trinajstić information content (AvgIpc) is 3.51. The van der Waals surface area contributed by atoms with E-state index in [1.165, 1.54) is 11.3 Å². The fourth-order valence-corrected chi connectivity index (χ4v) is 4.80. The molecule has 0 radical (unpaired) electrons. The van der Waals surface area contributed by atoms with E-state index >= 15 is 0 Å². The normalized spacial score (nSPS) is 13.4. The highest BCUT2D eigenvalue weighted by Gasteiger charge is 2.20. The molecule has 1 aliphatic heterocycles. The Morgan fingerprint density at radius 1 is 1.14 bits per heavy atom. The fraction of sp³-hybridized carbons (Fsp3) is 0.304. The third kappa shape index (κ3) is 7.39. The van der Waals surface area contributed by atoms with E-state index in [2.05, 4.69) is 10.0 Å². The number of nitrogens with one attached hydrogen (secondary N) is 2. The van der Waals surface area contributed by atoms with Crippen molar-refractivity contribution in [3.05, 3.63) is 65.2 Å². The van der Waals surface area contributed by atoms with Crippen molar-refractivity contribution in [2.45, 2.75) is 31.9 Å². The minimum atomic E-state index is -3.73. The van der Waals surface area contributed by atoms with Crippen LogP contribution in [0.4, 0.5) is 4.79 Å². The molecule has 1 aliphatic rings. The predicted octanol–water partition coefficient (Wildman–Crippen LogP) is 3.47. The summed E-state index contributed by atoms with van der Waals surface area (Å²) < 4.78 is 40.6. The van der Waals surface area contributed by atoms with E-state index < -0.39 is 22.3 Å². The maximum atomic E-state index is 12.5. The first-order chi connectivity index (χ1) is 16.9. The molecule has 4 rings (SSSR count). The molecule has 1 amide bonds. The van der Waals surface area contributed by atoms with Gasteiger partial charge in [-0.25, -0.2) is 19.6 Å². The van der Waals surface area contributed by atoms with Gasteiger partial charge in [0.15, 0.2) is 11.5 Å². The van der Waals surface area contributed by atoms with Crippen molar-refractivity contribution in [1.82, 2.24) is 15.0 Å². The summed E-state index contributed by atoms with van der Waals surface area (Å²) in [7, 11) is -3.73. The van der Waals surface area contributed by atoms with E-state index in [4.69, 9.17) is 24.3 Å². The first kappa shape index (κ1) is 24.9. The second kappa shape index (κ2) is 11.5. The lowest BCUT2D eigenvalue weighted by Crippen LogP contribution is -2.32. The van der Waals surface area contributed by atoms with Gasteiger partial charge in [0, 0.05) is 17.5 Å². The van der Waals surface area contributed by atoms with Crippen LogP contribution in [0.25, 0.3) is 10.6 Å². The number of nitrogens with two attached hydrogens (primary N) is 1. The number of benzene rings is 2. The Labute approximate surface area is 207 Å². The number of aromatic nitrogens is 1. The number of thiazole rings is 1. The number of rotatable bonds is 11. The first-order valence-corrected chi connectivity index (χ1v) is 13.4. The van der Waals surface area contributed by atoms with Gasteiger partial charge in [-0.3, -0.25) is 0 Å². The van der Waals surface area contributed by atoms with Crippen LogP contribution in [0.3, 0.4) is 0 Å². The van der Waals surface area contributed by atoms with Crippen molar-refractivity contribution in [2.24, 2.45) is 5.14 Å². The summed E-state index contributed by atoms with van der Waals surface area (Å²) in [5, 5.41) is 10.5. The van der Waals surface area contributed by atoms with Crippen LogP contribution in [-0.4, -0.2) is 32.8 Å². The molecule has 0 aliphatic carbocycles. The van der Waals surface area contributed by atoms with Crippen LogP contribution in [0.5, 0.6) is 11.5 Å². The van der Waals surface area contributed by atoms with Gasteiger partial charge in [-0.15, -0.1) is 11.3 Å². The molecule has 0 spiro atoms. The van der Waals surface area contributed by atoms with Crippen molar-refractivity contribution in [3.63, 3.8) is 0 Å². The van der Waals surface area contributed by atoms with E-state index in [1.807, 2.05) is 53.9 Å². The molecule has 12 heteroatoms. The number of fused-ring (bicyclic) bond motifs is 1. The number of carbonyl (C=O) groups is 1. The number of carbonyl (C=O) groups excluding carboxylic acids is 1. The third-order valence-electron chi connectivity index (χ3n) is 5.23. The van der Waals surface area contributed by atoms with Crippen LogP contribution in [0.2, 0.25) is 0 Å².